The van der Waals surface area contributed by atoms with E-state index in [4.69, 9.17) is 9.15 Å². The number of aromatic nitrogens is 1. The number of hydrogen-bond acceptors (Lipinski definition) is 5. The summed E-state index contributed by atoms with van der Waals surface area (Å²) in [7, 11) is 0. The normalized spacial score (nSPS) is 10.6. The van der Waals surface area contributed by atoms with Crippen LogP contribution in [0.25, 0.3) is 10.9 Å². The molecular weight excluding hydrogens is 284 g/mol. The van der Waals surface area contributed by atoms with E-state index in [2.05, 4.69) is 17.2 Å². The lowest BCUT2D eigenvalue weighted by Gasteiger charge is -2.05. The Bertz CT molecular complexity index is 709. The van der Waals surface area contributed by atoms with Crippen molar-refractivity contribution in [2.24, 2.45) is 0 Å². The molecule has 1 amide bonds. The molecule has 1 aromatic carbocycles. The molecule has 0 spiro atoms. The molecule has 118 valence electrons. The van der Waals surface area contributed by atoms with E-state index in [1.165, 1.54) is 6.92 Å². The van der Waals surface area contributed by atoms with Crippen LogP contribution in [0.1, 0.15) is 39.5 Å². The number of fused-ring (bicyclic) bond motifs is 1. The number of benzene rings is 1. The number of nitrogens with zero attached hydrogens (tertiary/aromatic N) is 1. The third-order valence-corrected chi connectivity index (χ3v) is 3.15. The Morgan fingerprint density at radius 3 is 2.86 bits per heavy atom. The zero-order chi connectivity index (χ0) is 15.9. The fourth-order valence-electron chi connectivity index (χ4n) is 2.08. The van der Waals surface area contributed by atoms with Gasteiger partial charge in [-0.05, 0) is 24.6 Å². The highest BCUT2D eigenvalue weighted by atomic mass is 16.6. The van der Waals surface area contributed by atoms with Crippen LogP contribution in [-0.4, -0.2) is 17.5 Å². The second kappa shape index (κ2) is 7.59. The van der Waals surface area contributed by atoms with Crippen LogP contribution in [0.4, 0.5) is 5.69 Å². The summed E-state index contributed by atoms with van der Waals surface area (Å²) in [5.41, 5.74) is 0.483. The van der Waals surface area contributed by atoms with Crippen LogP contribution in [0.3, 0.4) is 0 Å². The van der Waals surface area contributed by atoms with Gasteiger partial charge in [0.1, 0.15) is 0 Å². The average molecular weight is 304 g/mol. The van der Waals surface area contributed by atoms with Gasteiger partial charge in [0, 0.05) is 12.6 Å². The van der Waals surface area contributed by atoms with E-state index in [9.17, 15) is 9.59 Å². The third-order valence-electron chi connectivity index (χ3n) is 3.15. The molecule has 2 aromatic rings. The summed E-state index contributed by atoms with van der Waals surface area (Å²) in [5.74, 6) is -0.205. The Kier molecular flexibility index (Phi) is 5.52. The van der Waals surface area contributed by atoms with Crippen LogP contribution >= 0.6 is 0 Å². The molecular formula is C16H20N2O4. The predicted octanol–water partition coefficient (Wildman–Crippen LogP) is 3.11. The molecule has 0 aliphatic heterocycles. The van der Waals surface area contributed by atoms with Crippen molar-refractivity contribution < 1.29 is 13.9 Å². The highest BCUT2D eigenvalue weighted by molar-refractivity contribution is 5.91. The minimum atomic E-state index is -0.527. The monoisotopic (exact) mass is 304 g/mol. The van der Waals surface area contributed by atoms with Crippen molar-refractivity contribution >= 4 is 22.5 Å². The number of nitrogens with one attached hydrogen (secondary N) is 1. The van der Waals surface area contributed by atoms with Crippen LogP contribution in [0.5, 0.6) is 6.08 Å². The number of hydrogen-bond donors (Lipinski definition) is 1. The molecule has 0 saturated heterocycles. The van der Waals surface area contributed by atoms with Crippen molar-refractivity contribution in [3.63, 3.8) is 0 Å². The zero-order valence-corrected chi connectivity index (χ0v) is 12.8. The largest absolute Gasteiger partial charge is 0.450 e. The number of carbonyl (C=O) groups excluding carboxylic acids is 1. The number of unbranched alkanes of at least 4 members (excludes halogenated alkanes) is 3. The first-order chi connectivity index (χ1) is 10.6. The molecule has 6 nitrogen and oxygen atoms in total. The van der Waals surface area contributed by atoms with Crippen LogP contribution in [0.15, 0.2) is 27.4 Å². The SMILES string of the molecule is CCCCCCOc1nc2ccc(NC(C)=O)cc2c(=O)o1. The van der Waals surface area contributed by atoms with Crippen LogP contribution in [0, 0.1) is 0 Å². The van der Waals surface area contributed by atoms with Crippen molar-refractivity contribution in [1.29, 1.82) is 0 Å². The minimum absolute atomic E-state index is 0.0127. The van der Waals surface area contributed by atoms with Crippen molar-refractivity contribution in [2.75, 3.05) is 11.9 Å². The predicted molar refractivity (Wildman–Crippen MR) is 84.2 cm³/mol. The van der Waals surface area contributed by atoms with Gasteiger partial charge in [-0.25, -0.2) is 4.79 Å². The molecule has 2 rings (SSSR count). The van der Waals surface area contributed by atoms with E-state index in [0.717, 1.165) is 25.7 Å². The quantitative estimate of drug-likeness (QED) is 0.795. The van der Waals surface area contributed by atoms with Gasteiger partial charge < -0.3 is 14.5 Å². The summed E-state index contributed by atoms with van der Waals surface area (Å²) in [6.45, 7) is 4.02. The van der Waals surface area contributed by atoms with Gasteiger partial charge in [0.2, 0.25) is 5.91 Å². The van der Waals surface area contributed by atoms with E-state index in [-0.39, 0.29) is 12.0 Å². The summed E-state index contributed by atoms with van der Waals surface area (Å²) in [5, 5.41) is 2.92. The second-order valence-electron chi connectivity index (χ2n) is 5.09. The standard InChI is InChI=1S/C16H20N2O4/c1-3-4-5-6-9-21-16-18-14-8-7-12(17-11(2)19)10-13(14)15(20)22-16/h7-8,10H,3-6,9H2,1-2H3,(H,17,19). The van der Waals surface area contributed by atoms with E-state index < -0.39 is 5.63 Å². The van der Waals surface area contributed by atoms with Gasteiger partial charge in [-0.1, -0.05) is 26.2 Å². The lowest BCUT2D eigenvalue weighted by molar-refractivity contribution is -0.114. The Hall–Kier alpha value is -2.37. The average Bonchev–Trinajstić information content (AvgIpc) is 2.47. The molecule has 0 saturated carbocycles. The van der Waals surface area contributed by atoms with Gasteiger partial charge >= 0.3 is 11.7 Å². The molecule has 0 fully saturated rings. The topological polar surface area (TPSA) is 81.4 Å². The number of ether oxygens (including phenoxy) is 1. The maximum Gasteiger partial charge on any atom is 0.397 e. The van der Waals surface area contributed by atoms with Gasteiger partial charge in [-0.2, -0.15) is 4.98 Å². The number of carbonyl (C=O) groups is 1. The summed E-state index contributed by atoms with van der Waals surface area (Å²) in [4.78, 5) is 27.2. The molecule has 0 bridgehead atoms. The summed E-state index contributed by atoms with van der Waals surface area (Å²) in [6.07, 6.45) is 4.28. The van der Waals surface area contributed by atoms with E-state index in [0.29, 0.717) is 23.2 Å². The summed E-state index contributed by atoms with van der Waals surface area (Å²) in [6, 6.07) is 4.88. The van der Waals surface area contributed by atoms with Crippen molar-refractivity contribution in [3.05, 3.63) is 28.6 Å². The lowest BCUT2D eigenvalue weighted by atomic mass is 10.2. The Balaban J connectivity index is 2.12. The molecule has 0 aliphatic rings. The Morgan fingerprint density at radius 2 is 2.14 bits per heavy atom. The third kappa shape index (κ3) is 4.31. The maximum absolute atomic E-state index is 12.0. The van der Waals surface area contributed by atoms with E-state index >= 15 is 0 Å². The number of rotatable bonds is 7. The minimum Gasteiger partial charge on any atom is -0.450 e. The fraction of sp³-hybridized carbons (Fsp3) is 0.438. The summed E-state index contributed by atoms with van der Waals surface area (Å²) < 4.78 is 10.4. The second-order valence-corrected chi connectivity index (χ2v) is 5.09. The summed E-state index contributed by atoms with van der Waals surface area (Å²) >= 11 is 0. The van der Waals surface area contributed by atoms with E-state index in [1.807, 2.05) is 0 Å². The van der Waals surface area contributed by atoms with Crippen molar-refractivity contribution in [1.82, 2.24) is 4.98 Å². The van der Waals surface area contributed by atoms with Crippen molar-refractivity contribution in [2.45, 2.75) is 39.5 Å². The highest BCUT2D eigenvalue weighted by Gasteiger charge is 2.08. The zero-order valence-electron chi connectivity index (χ0n) is 12.8. The molecule has 0 radical (unpaired) electrons. The van der Waals surface area contributed by atoms with Gasteiger partial charge in [0.25, 0.3) is 0 Å². The lowest BCUT2D eigenvalue weighted by Crippen LogP contribution is -2.09. The van der Waals surface area contributed by atoms with Crippen LogP contribution in [-0.2, 0) is 4.79 Å². The first-order valence-corrected chi connectivity index (χ1v) is 7.45. The van der Waals surface area contributed by atoms with Gasteiger partial charge in [-0.15, -0.1) is 0 Å². The number of amides is 1. The highest BCUT2D eigenvalue weighted by Crippen LogP contribution is 2.17. The molecule has 1 aromatic heterocycles. The molecule has 22 heavy (non-hydrogen) atoms. The van der Waals surface area contributed by atoms with Gasteiger partial charge in [-0.3, -0.25) is 4.79 Å². The Morgan fingerprint density at radius 1 is 1.32 bits per heavy atom. The van der Waals surface area contributed by atoms with E-state index in [1.54, 1.807) is 18.2 Å². The molecule has 0 unspecified atom stereocenters. The smallest absolute Gasteiger partial charge is 0.397 e. The first-order valence-electron chi connectivity index (χ1n) is 7.45. The van der Waals surface area contributed by atoms with Crippen molar-refractivity contribution in [3.8, 4) is 6.08 Å². The molecule has 0 atom stereocenters. The Labute approximate surface area is 128 Å². The fourth-order valence-corrected chi connectivity index (χ4v) is 2.08. The number of anilines is 1. The van der Waals surface area contributed by atoms with Gasteiger partial charge in [0.05, 0.1) is 17.5 Å². The van der Waals surface area contributed by atoms with Crippen LogP contribution < -0.4 is 15.7 Å². The van der Waals surface area contributed by atoms with Crippen LogP contribution in [0.2, 0.25) is 0 Å². The maximum atomic E-state index is 12.0. The van der Waals surface area contributed by atoms with Gasteiger partial charge in [0.15, 0.2) is 0 Å². The molecule has 0 aliphatic carbocycles. The molecule has 6 heteroatoms. The first kappa shape index (κ1) is 16.0. The molecule has 1 heterocycles. The molecule has 1 N–H and O–H groups in total.